The SMILES string of the molecule is CCCCCCCCCCCC/C=C/CC/C=C/C(O)C(COC1OC(CO)C(OC2OC(CO)C(O)C(O)C2O)C(O)C1O)NC(=O)CCCCCCCCCCCCCCCCCCCCCCCCCCCCCCCCCCCCC. The molecule has 0 radical (unpaired) electrons. The van der Waals surface area contributed by atoms with Crippen LogP contribution in [0.5, 0.6) is 0 Å². The molecule has 2 heterocycles. The van der Waals surface area contributed by atoms with Gasteiger partial charge in [-0.25, -0.2) is 0 Å². The molecule has 2 saturated heterocycles. The summed E-state index contributed by atoms with van der Waals surface area (Å²) in [6.07, 6.45) is 54.1. The third-order valence-corrected chi connectivity index (χ3v) is 17.9. The van der Waals surface area contributed by atoms with Crippen LogP contribution in [0.3, 0.4) is 0 Å². The molecule has 12 unspecified atom stereocenters. The summed E-state index contributed by atoms with van der Waals surface area (Å²) in [5.41, 5.74) is 0. The van der Waals surface area contributed by atoms with E-state index in [1.807, 2.05) is 6.08 Å². The second-order valence-corrected chi connectivity index (χ2v) is 25.7. The fourth-order valence-electron chi connectivity index (χ4n) is 12.1. The van der Waals surface area contributed by atoms with Crippen LogP contribution < -0.4 is 5.32 Å². The Morgan fingerprint density at radius 1 is 0.412 bits per heavy atom. The maximum absolute atomic E-state index is 13.3. The van der Waals surface area contributed by atoms with Crippen molar-refractivity contribution in [2.75, 3.05) is 19.8 Å². The molecule has 14 heteroatoms. The number of amides is 1. The highest BCUT2D eigenvalue weighted by molar-refractivity contribution is 5.76. The van der Waals surface area contributed by atoms with Crippen LogP contribution >= 0.6 is 0 Å². The van der Waals surface area contributed by atoms with Crippen molar-refractivity contribution in [2.24, 2.45) is 0 Å². The van der Waals surface area contributed by atoms with Gasteiger partial charge < -0.3 is 65.1 Å². The topological polar surface area (TPSA) is 228 Å². The van der Waals surface area contributed by atoms with Gasteiger partial charge in [0.25, 0.3) is 0 Å². The lowest BCUT2D eigenvalue weighted by Crippen LogP contribution is -2.65. The van der Waals surface area contributed by atoms with Crippen LogP contribution in [0.1, 0.15) is 328 Å². The van der Waals surface area contributed by atoms with Crippen LogP contribution in [-0.4, -0.2) is 140 Å². The van der Waals surface area contributed by atoms with E-state index >= 15 is 0 Å². The predicted molar refractivity (Wildman–Crippen MR) is 346 cm³/mol. The second kappa shape index (κ2) is 56.5. The minimum Gasteiger partial charge on any atom is -0.394 e. The normalized spacial score (nSPS) is 23.6. The molecule has 14 nitrogen and oxygen atoms in total. The lowest BCUT2D eigenvalue weighted by Gasteiger charge is -2.46. The van der Waals surface area contributed by atoms with Crippen LogP contribution in [-0.2, 0) is 23.7 Å². The van der Waals surface area contributed by atoms with Crippen LogP contribution in [0.15, 0.2) is 24.3 Å². The Labute approximate surface area is 519 Å². The minimum absolute atomic E-state index is 0.242. The summed E-state index contributed by atoms with van der Waals surface area (Å²) in [6, 6.07) is -0.928. The Kier molecular flexibility index (Phi) is 52.8. The van der Waals surface area contributed by atoms with Gasteiger partial charge >= 0.3 is 0 Å². The number of nitrogens with one attached hydrogen (secondary N) is 1. The van der Waals surface area contributed by atoms with Crippen molar-refractivity contribution < 1.29 is 64.6 Å². The molecule has 502 valence electrons. The highest BCUT2D eigenvalue weighted by Crippen LogP contribution is 2.30. The average molecular weight is 1210 g/mol. The molecule has 2 rings (SSSR count). The summed E-state index contributed by atoms with van der Waals surface area (Å²) >= 11 is 0. The van der Waals surface area contributed by atoms with Crippen LogP contribution in [0, 0.1) is 0 Å². The van der Waals surface area contributed by atoms with E-state index in [0.29, 0.717) is 12.8 Å². The number of unbranched alkanes of at least 4 members (excludes halogenated alkanes) is 45. The molecule has 0 aliphatic carbocycles. The van der Waals surface area contributed by atoms with Gasteiger partial charge in [-0.2, -0.15) is 0 Å². The van der Waals surface area contributed by atoms with E-state index in [4.69, 9.17) is 18.9 Å². The van der Waals surface area contributed by atoms with Crippen molar-refractivity contribution in [3.63, 3.8) is 0 Å². The van der Waals surface area contributed by atoms with Gasteiger partial charge in [-0.15, -0.1) is 0 Å². The van der Waals surface area contributed by atoms with Crippen molar-refractivity contribution in [3.8, 4) is 0 Å². The molecule has 0 aromatic carbocycles. The van der Waals surface area contributed by atoms with Gasteiger partial charge in [0.05, 0.1) is 32.0 Å². The molecule has 9 N–H and O–H groups in total. The zero-order chi connectivity index (χ0) is 61.6. The number of allylic oxidation sites excluding steroid dienone is 3. The summed E-state index contributed by atoms with van der Waals surface area (Å²) in [5, 5.41) is 87.3. The zero-order valence-corrected chi connectivity index (χ0v) is 54.6. The maximum atomic E-state index is 13.3. The molecule has 85 heavy (non-hydrogen) atoms. The van der Waals surface area contributed by atoms with Crippen molar-refractivity contribution in [3.05, 3.63) is 24.3 Å². The summed E-state index contributed by atoms with van der Waals surface area (Å²) in [5.74, 6) is -0.242. The molecule has 12 atom stereocenters. The standard InChI is InChI=1S/C71H135NO13/c1-3-5-7-9-11-13-15-17-19-21-22-23-24-25-26-27-28-29-30-31-32-33-34-35-36-37-38-39-41-43-45-47-49-51-53-55-63(76)72-59(60(75)54-52-50-48-46-44-42-40-20-18-16-14-12-10-8-6-4-2)58-82-70-68(81)66(79)69(62(57-74)84-70)85-71-67(80)65(78)64(77)61(56-73)83-71/h44,46,52,54,59-62,64-71,73-75,77-81H,3-43,45,47-51,53,55-58H2,1-2H3,(H,72,76)/b46-44+,54-52+. The molecule has 0 aromatic rings. The smallest absolute Gasteiger partial charge is 0.220 e. The number of rotatable bonds is 60. The molecule has 2 fully saturated rings. The molecular formula is C71H135NO13. The fraction of sp³-hybridized carbons (Fsp3) is 0.930. The van der Waals surface area contributed by atoms with Gasteiger partial charge in [0.15, 0.2) is 12.6 Å². The van der Waals surface area contributed by atoms with Gasteiger partial charge in [-0.1, -0.05) is 314 Å². The number of carbonyl (C=O) groups excluding carboxylic acids is 1. The number of hydrogen-bond acceptors (Lipinski definition) is 13. The van der Waals surface area contributed by atoms with E-state index < -0.39 is 86.8 Å². The largest absolute Gasteiger partial charge is 0.394 e. The summed E-state index contributed by atoms with van der Waals surface area (Å²) in [6.45, 7) is 2.82. The monoisotopic (exact) mass is 1210 g/mol. The lowest BCUT2D eigenvalue weighted by atomic mass is 9.97. The average Bonchev–Trinajstić information content (AvgIpc) is 3.69. The molecule has 2 aliphatic heterocycles. The van der Waals surface area contributed by atoms with E-state index in [2.05, 4.69) is 31.3 Å². The van der Waals surface area contributed by atoms with E-state index in [0.717, 1.165) is 32.1 Å². The highest BCUT2D eigenvalue weighted by Gasteiger charge is 2.51. The third-order valence-electron chi connectivity index (χ3n) is 17.9. The van der Waals surface area contributed by atoms with Crippen LogP contribution in [0.4, 0.5) is 0 Å². The van der Waals surface area contributed by atoms with Crippen molar-refractivity contribution in [2.45, 2.75) is 402 Å². The predicted octanol–water partition coefficient (Wildman–Crippen LogP) is 14.7. The third kappa shape index (κ3) is 40.8. The Bertz CT molecular complexity index is 1520. The van der Waals surface area contributed by atoms with Gasteiger partial charge in [0, 0.05) is 6.42 Å². The Morgan fingerprint density at radius 3 is 1.15 bits per heavy atom. The Morgan fingerprint density at radius 2 is 0.753 bits per heavy atom. The lowest BCUT2D eigenvalue weighted by molar-refractivity contribution is -0.359. The number of aliphatic hydroxyl groups is 8. The van der Waals surface area contributed by atoms with Crippen LogP contribution in [0.2, 0.25) is 0 Å². The van der Waals surface area contributed by atoms with Gasteiger partial charge in [0.1, 0.15) is 48.8 Å². The Balaban J connectivity index is 1.60. The molecule has 0 spiro atoms. The number of carbonyl (C=O) groups is 1. The quantitative estimate of drug-likeness (QED) is 0.0204. The van der Waals surface area contributed by atoms with E-state index in [1.165, 1.54) is 263 Å². The molecule has 2 aliphatic rings. The van der Waals surface area contributed by atoms with Crippen molar-refractivity contribution in [1.29, 1.82) is 0 Å². The first-order valence-corrected chi connectivity index (χ1v) is 36.1. The van der Waals surface area contributed by atoms with Gasteiger partial charge in [-0.05, 0) is 32.1 Å². The van der Waals surface area contributed by atoms with E-state index in [1.54, 1.807) is 6.08 Å². The summed E-state index contributed by atoms with van der Waals surface area (Å²) in [4.78, 5) is 13.3. The maximum Gasteiger partial charge on any atom is 0.220 e. The van der Waals surface area contributed by atoms with Gasteiger partial charge in [0.2, 0.25) is 5.91 Å². The van der Waals surface area contributed by atoms with E-state index in [9.17, 15) is 45.6 Å². The summed E-state index contributed by atoms with van der Waals surface area (Å²) in [7, 11) is 0. The number of hydrogen-bond donors (Lipinski definition) is 9. The first kappa shape index (κ1) is 79.6. The number of aliphatic hydroxyl groups excluding tert-OH is 8. The van der Waals surface area contributed by atoms with Gasteiger partial charge in [-0.3, -0.25) is 4.79 Å². The minimum atomic E-state index is -1.79. The molecule has 0 saturated carbocycles. The number of ether oxygens (including phenoxy) is 4. The van der Waals surface area contributed by atoms with Crippen LogP contribution in [0.25, 0.3) is 0 Å². The zero-order valence-electron chi connectivity index (χ0n) is 54.6. The molecular weight excluding hydrogens is 1070 g/mol. The first-order valence-electron chi connectivity index (χ1n) is 36.1. The molecule has 0 bridgehead atoms. The summed E-state index contributed by atoms with van der Waals surface area (Å²) < 4.78 is 22.8. The van der Waals surface area contributed by atoms with E-state index in [-0.39, 0.29) is 18.9 Å². The Hall–Kier alpha value is -1.53. The van der Waals surface area contributed by atoms with Crippen molar-refractivity contribution in [1.82, 2.24) is 5.32 Å². The molecule has 0 aromatic heterocycles. The second-order valence-electron chi connectivity index (χ2n) is 25.7. The highest BCUT2D eigenvalue weighted by atomic mass is 16.7. The molecule has 1 amide bonds. The van der Waals surface area contributed by atoms with Crippen molar-refractivity contribution >= 4 is 5.91 Å². The fourth-order valence-corrected chi connectivity index (χ4v) is 12.1. The first-order chi connectivity index (χ1) is 41.6.